The van der Waals surface area contributed by atoms with E-state index < -0.39 is 0 Å². The topological polar surface area (TPSA) is 32.3 Å². The summed E-state index contributed by atoms with van der Waals surface area (Å²) in [7, 11) is 0. The maximum atomic E-state index is 12.4. The number of fused-ring (bicyclic) bond motifs is 1. The van der Waals surface area contributed by atoms with E-state index in [0.29, 0.717) is 5.02 Å². The van der Waals surface area contributed by atoms with E-state index in [4.69, 9.17) is 11.6 Å². The number of anilines is 1. The van der Waals surface area contributed by atoms with E-state index in [9.17, 15) is 4.79 Å². The van der Waals surface area contributed by atoms with E-state index >= 15 is 0 Å². The maximum absolute atomic E-state index is 12.4. The molecule has 1 aliphatic heterocycles. The Balaban J connectivity index is 1.64. The Kier molecular flexibility index (Phi) is 4.29. The van der Waals surface area contributed by atoms with Crippen LogP contribution in [0.4, 0.5) is 5.69 Å². The molecule has 0 aliphatic carbocycles. The Labute approximate surface area is 133 Å². The van der Waals surface area contributed by atoms with E-state index in [1.54, 1.807) is 12.1 Å². The minimum absolute atomic E-state index is 0.0241. The zero-order chi connectivity index (χ0) is 14.8. The molecule has 0 radical (unpaired) electrons. The first-order valence-electron chi connectivity index (χ1n) is 6.99. The molecule has 2 heterocycles. The van der Waals surface area contributed by atoms with Crippen LogP contribution in [0.15, 0.2) is 35.7 Å². The summed E-state index contributed by atoms with van der Waals surface area (Å²) in [5.74, 6) is 0.0241. The van der Waals surface area contributed by atoms with Crippen LogP contribution in [0.3, 0.4) is 0 Å². The van der Waals surface area contributed by atoms with Crippen molar-refractivity contribution in [3.05, 3.63) is 51.2 Å². The molecule has 0 spiro atoms. The van der Waals surface area contributed by atoms with Gasteiger partial charge in [0.25, 0.3) is 0 Å². The van der Waals surface area contributed by atoms with Gasteiger partial charge in [-0.3, -0.25) is 9.69 Å². The molecule has 1 unspecified atom stereocenters. The lowest BCUT2D eigenvalue weighted by Gasteiger charge is -2.31. The van der Waals surface area contributed by atoms with Crippen LogP contribution in [0.2, 0.25) is 5.02 Å². The van der Waals surface area contributed by atoms with Gasteiger partial charge in [-0.2, -0.15) is 0 Å². The van der Waals surface area contributed by atoms with Crippen molar-refractivity contribution in [2.75, 3.05) is 11.9 Å². The third kappa shape index (κ3) is 3.28. The van der Waals surface area contributed by atoms with Gasteiger partial charge in [-0.15, -0.1) is 11.3 Å². The van der Waals surface area contributed by atoms with E-state index in [1.165, 1.54) is 10.4 Å². The van der Waals surface area contributed by atoms with Crippen LogP contribution in [0.5, 0.6) is 0 Å². The van der Waals surface area contributed by atoms with E-state index in [-0.39, 0.29) is 11.9 Å². The van der Waals surface area contributed by atoms with Crippen LogP contribution >= 0.6 is 22.9 Å². The molecular weight excluding hydrogens is 304 g/mol. The van der Waals surface area contributed by atoms with E-state index in [2.05, 4.69) is 21.7 Å². The third-order valence-electron chi connectivity index (χ3n) is 3.88. The number of halogens is 1. The molecule has 110 valence electrons. The minimum Gasteiger partial charge on any atom is -0.325 e. The standard InChI is InChI=1S/C16H17ClN2OS/c1-11(16(20)18-14-4-2-13(17)3-5-14)19-8-6-15-12(10-19)7-9-21-15/h2-5,7,9,11H,6,8,10H2,1H3,(H,18,20). The summed E-state index contributed by atoms with van der Waals surface area (Å²) in [4.78, 5) is 16.0. The van der Waals surface area contributed by atoms with Crippen LogP contribution in [0, 0.1) is 0 Å². The fourth-order valence-corrected chi connectivity index (χ4v) is 3.56. The van der Waals surface area contributed by atoms with Crippen LogP contribution in [0.25, 0.3) is 0 Å². The number of benzene rings is 1. The van der Waals surface area contributed by atoms with Crippen molar-refractivity contribution in [3.8, 4) is 0 Å². The smallest absolute Gasteiger partial charge is 0.241 e. The SMILES string of the molecule is CC(C(=O)Nc1ccc(Cl)cc1)N1CCc2sccc2C1. The van der Waals surface area contributed by atoms with Crippen molar-refractivity contribution < 1.29 is 4.79 Å². The van der Waals surface area contributed by atoms with Gasteiger partial charge in [-0.05, 0) is 54.6 Å². The first-order valence-corrected chi connectivity index (χ1v) is 8.25. The van der Waals surface area contributed by atoms with Gasteiger partial charge in [0.15, 0.2) is 0 Å². The molecule has 0 saturated heterocycles. The first-order chi connectivity index (χ1) is 10.1. The Bertz CT molecular complexity index is 638. The lowest BCUT2D eigenvalue weighted by atomic mass is 10.1. The average Bonchev–Trinajstić information content (AvgIpc) is 2.96. The summed E-state index contributed by atoms with van der Waals surface area (Å²) in [6, 6.07) is 9.21. The number of amides is 1. The predicted octanol–water partition coefficient (Wildman–Crippen LogP) is 3.79. The zero-order valence-corrected chi connectivity index (χ0v) is 13.4. The second kappa shape index (κ2) is 6.18. The highest BCUT2D eigenvalue weighted by atomic mass is 35.5. The average molecular weight is 321 g/mol. The number of nitrogens with one attached hydrogen (secondary N) is 1. The minimum atomic E-state index is -0.145. The molecule has 0 fully saturated rings. The quantitative estimate of drug-likeness (QED) is 0.933. The van der Waals surface area contributed by atoms with Gasteiger partial charge in [0, 0.05) is 28.7 Å². The summed E-state index contributed by atoms with van der Waals surface area (Å²) in [5, 5.41) is 5.75. The second-order valence-electron chi connectivity index (χ2n) is 5.26. The third-order valence-corrected chi connectivity index (χ3v) is 5.15. The van der Waals surface area contributed by atoms with Crippen molar-refractivity contribution in [1.82, 2.24) is 4.90 Å². The largest absolute Gasteiger partial charge is 0.325 e. The monoisotopic (exact) mass is 320 g/mol. The molecular formula is C16H17ClN2OS. The van der Waals surface area contributed by atoms with Crippen LogP contribution in [-0.4, -0.2) is 23.4 Å². The number of nitrogens with zero attached hydrogens (tertiary/aromatic N) is 1. The lowest BCUT2D eigenvalue weighted by molar-refractivity contribution is -0.121. The molecule has 21 heavy (non-hydrogen) atoms. The molecule has 1 aromatic heterocycles. The van der Waals surface area contributed by atoms with Gasteiger partial charge in [0.05, 0.1) is 6.04 Å². The van der Waals surface area contributed by atoms with Crippen LogP contribution < -0.4 is 5.32 Å². The molecule has 0 saturated carbocycles. The molecule has 1 amide bonds. The zero-order valence-electron chi connectivity index (χ0n) is 11.8. The molecule has 0 bridgehead atoms. The lowest BCUT2D eigenvalue weighted by Crippen LogP contribution is -2.44. The first kappa shape index (κ1) is 14.6. The molecule has 2 aromatic rings. The summed E-state index contributed by atoms with van der Waals surface area (Å²) in [6.45, 7) is 3.75. The van der Waals surface area contributed by atoms with E-state index in [0.717, 1.165) is 25.2 Å². The predicted molar refractivity (Wildman–Crippen MR) is 88.0 cm³/mol. The number of hydrogen-bond donors (Lipinski definition) is 1. The summed E-state index contributed by atoms with van der Waals surface area (Å²) < 4.78 is 0. The molecule has 1 N–H and O–H groups in total. The Morgan fingerprint density at radius 3 is 2.86 bits per heavy atom. The van der Waals surface area contributed by atoms with Crippen molar-refractivity contribution in [3.63, 3.8) is 0 Å². The van der Waals surface area contributed by atoms with Gasteiger partial charge >= 0.3 is 0 Å². The highest BCUT2D eigenvalue weighted by Crippen LogP contribution is 2.25. The highest BCUT2D eigenvalue weighted by Gasteiger charge is 2.25. The number of carbonyl (C=O) groups is 1. The second-order valence-corrected chi connectivity index (χ2v) is 6.70. The van der Waals surface area contributed by atoms with Crippen molar-refractivity contribution >= 4 is 34.5 Å². The van der Waals surface area contributed by atoms with Crippen molar-refractivity contribution in [2.45, 2.75) is 25.9 Å². The van der Waals surface area contributed by atoms with Gasteiger partial charge in [0.1, 0.15) is 0 Å². The molecule has 3 nitrogen and oxygen atoms in total. The van der Waals surface area contributed by atoms with E-state index in [1.807, 2.05) is 30.4 Å². The fraction of sp³-hybridized carbons (Fsp3) is 0.312. The number of rotatable bonds is 3. The number of carbonyl (C=O) groups excluding carboxylic acids is 1. The number of thiophene rings is 1. The van der Waals surface area contributed by atoms with Crippen LogP contribution in [0.1, 0.15) is 17.4 Å². The van der Waals surface area contributed by atoms with Crippen molar-refractivity contribution in [2.24, 2.45) is 0 Å². The molecule has 1 aromatic carbocycles. The molecule has 3 rings (SSSR count). The molecule has 5 heteroatoms. The Morgan fingerprint density at radius 1 is 1.33 bits per heavy atom. The van der Waals surface area contributed by atoms with Gasteiger partial charge in [-0.25, -0.2) is 0 Å². The Morgan fingerprint density at radius 2 is 2.10 bits per heavy atom. The van der Waals surface area contributed by atoms with Crippen molar-refractivity contribution in [1.29, 1.82) is 0 Å². The maximum Gasteiger partial charge on any atom is 0.241 e. The Hall–Kier alpha value is -1.36. The highest BCUT2D eigenvalue weighted by molar-refractivity contribution is 7.10. The summed E-state index contributed by atoms with van der Waals surface area (Å²) in [5.41, 5.74) is 2.14. The van der Waals surface area contributed by atoms with Gasteiger partial charge in [0.2, 0.25) is 5.91 Å². The van der Waals surface area contributed by atoms with Gasteiger partial charge < -0.3 is 5.32 Å². The fourth-order valence-electron chi connectivity index (χ4n) is 2.55. The summed E-state index contributed by atoms with van der Waals surface area (Å²) in [6.07, 6.45) is 1.03. The summed E-state index contributed by atoms with van der Waals surface area (Å²) >= 11 is 7.66. The van der Waals surface area contributed by atoms with Gasteiger partial charge in [-0.1, -0.05) is 11.6 Å². The normalized spacial score (nSPS) is 16.3. The molecule has 1 atom stereocenters. The number of hydrogen-bond acceptors (Lipinski definition) is 3. The molecule has 1 aliphatic rings. The van der Waals surface area contributed by atoms with Crippen LogP contribution in [-0.2, 0) is 17.8 Å².